The van der Waals surface area contributed by atoms with Crippen molar-refractivity contribution in [3.8, 4) is 0 Å². The highest BCUT2D eigenvalue weighted by Crippen LogP contribution is 2.42. The summed E-state index contributed by atoms with van der Waals surface area (Å²) in [6.45, 7) is 1.21. The first kappa shape index (κ1) is 12.8. The molecule has 0 spiro atoms. The van der Waals surface area contributed by atoms with Crippen molar-refractivity contribution in [2.24, 2.45) is 5.92 Å². The molecule has 108 valence electrons. The monoisotopic (exact) mass is 270 g/mol. The van der Waals surface area contributed by atoms with Crippen molar-refractivity contribution >= 4 is 0 Å². The molecule has 1 aromatic rings. The molecular weight excluding hydrogens is 244 g/mol. The number of hydrogen-bond acceptors (Lipinski definition) is 2. The molecule has 1 aromatic carbocycles. The second-order valence-corrected chi connectivity index (χ2v) is 6.93. The smallest absolute Gasteiger partial charge is 0.0145 e. The van der Waals surface area contributed by atoms with E-state index >= 15 is 0 Å². The zero-order chi connectivity index (χ0) is 13.4. The number of rotatable bonds is 3. The minimum Gasteiger partial charge on any atom is -0.314 e. The van der Waals surface area contributed by atoms with E-state index in [0.717, 1.165) is 30.0 Å². The third-order valence-corrected chi connectivity index (χ3v) is 5.64. The molecule has 2 aliphatic carbocycles. The average Bonchev–Trinajstić information content (AvgIpc) is 3.28. The summed E-state index contributed by atoms with van der Waals surface area (Å²) in [7, 11) is 0. The number of piperidine rings is 1. The number of nitrogens with one attached hydrogen (secondary N) is 2. The van der Waals surface area contributed by atoms with Gasteiger partial charge in [-0.2, -0.15) is 0 Å². The molecule has 3 fully saturated rings. The van der Waals surface area contributed by atoms with Crippen molar-refractivity contribution in [1.82, 2.24) is 10.6 Å². The number of fused-ring (bicyclic) bond motifs is 1. The van der Waals surface area contributed by atoms with Crippen LogP contribution in [-0.4, -0.2) is 24.7 Å². The lowest BCUT2D eigenvalue weighted by Crippen LogP contribution is -2.55. The number of hydrogen-bond donors (Lipinski definition) is 2. The maximum Gasteiger partial charge on any atom is 0.0145 e. The third kappa shape index (κ3) is 2.51. The van der Waals surface area contributed by atoms with E-state index in [4.69, 9.17) is 0 Å². The van der Waals surface area contributed by atoms with E-state index in [2.05, 4.69) is 41.0 Å². The fourth-order valence-electron chi connectivity index (χ4n) is 4.46. The van der Waals surface area contributed by atoms with Gasteiger partial charge in [-0.1, -0.05) is 43.2 Å². The summed E-state index contributed by atoms with van der Waals surface area (Å²) < 4.78 is 0. The van der Waals surface area contributed by atoms with E-state index < -0.39 is 0 Å². The molecule has 4 rings (SSSR count). The van der Waals surface area contributed by atoms with Gasteiger partial charge in [0, 0.05) is 24.0 Å². The van der Waals surface area contributed by atoms with Gasteiger partial charge in [-0.05, 0) is 43.7 Å². The summed E-state index contributed by atoms with van der Waals surface area (Å²) in [5.41, 5.74) is 1.53. The van der Waals surface area contributed by atoms with Crippen LogP contribution in [0.3, 0.4) is 0 Å². The summed E-state index contributed by atoms with van der Waals surface area (Å²) in [5, 5.41) is 7.75. The highest BCUT2D eigenvalue weighted by molar-refractivity contribution is 5.27. The van der Waals surface area contributed by atoms with Gasteiger partial charge >= 0.3 is 0 Å². The van der Waals surface area contributed by atoms with Crippen LogP contribution in [0.1, 0.15) is 50.0 Å². The van der Waals surface area contributed by atoms with Crippen molar-refractivity contribution in [1.29, 1.82) is 0 Å². The fourth-order valence-corrected chi connectivity index (χ4v) is 4.46. The molecule has 5 atom stereocenters. The van der Waals surface area contributed by atoms with Crippen LogP contribution >= 0.6 is 0 Å². The van der Waals surface area contributed by atoms with Crippen molar-refractivity contribution in [3.63, 3.8) is 0 Å². The zero-order valence-electron chi connectivity index (χ0n) is 12.2. The Bertz CT molecular complexity index is 442. The Hall–Kier alpha value is -0.860. The second kappa shape index (κ2) is 5.50. The van der Waals surface area contributed by atoms with E-state index in [1.807, 2.05) is 0 Å². The molecule has 2 saturated carbocycles. The van der Waals surface area contributed by atoms with Crippen LogP contribution in [0.2, 0.25) is 0 Å². The SMILES string of the molecule is c1ccc(C2CC2NC2CCNC3CCCCC32)cc1. The normalized spacial score (nSPS) is 40.1. The molecule has 20 heavy (non-hydrogen) atoms. The first-order chi connectivity index (χ1) is 9.92. The van der Waals surface area contributed by atoms with Crippen LogP contribution < -0.4 is 10.6 Å². The van der Waals surface area contributed by atoms with Crippen LogP contribution in [0.15, 0.2) is 30.3 Å². The van der Waals surface area contributed by atoms with Gasteiger partial charge in [0.15, 0.2) is 0 Å². The maximum atomic E-state index is 4.00. The van der Waals surface area contributed by atoms with Crippen molar-refractivity contribution in [2.45, 2.75) is 62.6 Å². The molecule has 2 N–H and O–H groups in total. The molecule has 0 amide bonds. The molecule has 5 unspecified atom stereocenters. The summed E-state index contributed by atoms with van der Waals surface area (Å²) in [6, 6.07) is 13.3. The second-order valence-electron chi connectivity index (χ2n) is 6.93. The Morgan fingerprint density at radius 2 is 1.80 bits per heavy atom. The Labute approximate surface area is 122 Å². The molecule has 1 aliphatic heterocycles. The predicted molar refractivity (Wildman–Crippen MR) is 82.9 cm³/mol. The summed E-state index contributed by atoms with van der Waals surface area (Å²) >= 11 is 0. The summed E-state index contributed by atoms with van der Waals surface area (Å²) in [5.74, 6) is 1.66. The Balaban J connectivity index is 1.38. The molecule has 0 bridgehead atoms. The van der Waals surface area contributed by atoms with Crippen LogP contribution in [0.25, 0.3) is 0 Å². The van der Waals surface area contributed by atoms with Crippen molar-refractivity contribution in [2.75, 3.05) is 6.54 Å². The largest absolute Gasteiger partial charge is 0.314 e. The lowest BCUT2D eigenvalue weighted by atomic mass is 9.76. The predicted octanol–water partition coefficient (Wildman–Crippen LogP) is 3.05. The van der Waals surface area contributed by atoms with Gasteiger partial charge in [0.1, 0.15) is 0 Å². The fraction of sp³-hybridized carbons (Fsp3) is 0.667. The first-order valence-electron chi connectivity index (χ1n) is 8.46. The Kier molecular flexibility index (Phi) is 3.53. The summed E-state index contributed by atoms with van der Waals surface area (Å²) in [4.78, 5) is 0. The van der Waals surface area contributed by atoms with E-state index in [-0.39, 0.29) is 0 Å². The Morgan fingerprint density at radius 1 is 0.950 bits per heavy atom. The van der Waals surface area contributed by atoms with Gasteiger partial charge in [0.2, 0.25) is 0 Å². The summed E-state index contributed by atoms with van der Waals surface area (Å²) in [6.07, 6.45) is 8.35. The highest BCUT2D eigenvalue weighted by Gasteiger charge is 2.42. The van der Waals surface area contributed by atoms with Gasteiger partial charge in [0.25, 0.3) is 0 Å². The Morgan fingerprint density at radius 3 is 2.70 bits per heavy atom. The van der Waals surface area contributed by atoms with Gasteiger partial charge < -0.3 is 10.6 Å². The quantitative estimate of drug-likeness (QED) is 0.882. The van der Waals surface area contributed by atoms with Gasteiger partial charge in [-0.25, -0.2) is 0 Å². The van der Waals surface area contributed by atoms with Crippen LogP contribution in [0, 0.1) is 5.92 Å². The topological polar surface area (TPSA) is 24.1 Å². The van der Waals surface area contributed by atoms with Crippen molar-refractivity contribution < 1.29 is 0 Å². The zero-order valence-corrected chi connectivity index (χ0v) is 12.2. The molecule has 3 aliphatic rings. The molecule has 0 radical (unpaired) electrons. The van der Waals surface area contributed by atoms with E-state index in [1.165, 1.54) is 50.6 Å². The first-order valence-corrected chi connectivity index (χ1v) is 8.46. The highest BCUT2D eigenvalue weighted by atomic mass is 15.1. The minimum absolute atomic E-state index is 0.739. The van der Waals surface area contributed by atoms with Gasteiger partial charge in [-0.3, -0.25) is 0 Å². The van der Waals surface area contributed by atoms with Gasteiger partial charge in [0.05, 0.1) is 0 Å². The maximum absolute atomic E-state index is 4.00. The van der Waals surface area contributed by atoms with Crippen molar-refractivity contribution in [3.05, 3.63) is 35.9 Å². The van der Waals surface area contributed by atoms with E-state index in [1.54, 1.807) is 0 Å². The minimum atomic E-state index is 0.739. The molecule has 2 nitrogen and oxygen atoms in total. The lowest BCUT2D eigenvalue weighted by Gasteiger charge is -2.42. The average molecular weight is 270 g/mol. The van der Waals surface area contributed by atoms with Crippen LogP contribution in [-0.2, 0) is 0 Å². The van der Waals surface area contributed by atoms with E-state index in [0.29, 0.717) is 0 Å². The molecule has 1 heterocycles. The van der Waals surface area contributed by atoms with Crippen LogP contribution in [0.5, 0.6) is 0 Å². The molecular formula is C18H26N2. The lowest BCUT2D eigenvalue weighted by molar-refractivity contribution is 0.160. The van der Waals surface area contributed by atoms with Gasteiger partial charge in [-0.15, -0.1) is 0 Å². The molecule has 0 aromatic heterocycles. The van der Waals surface area contributed by atoms with Crippen LogP contribution in [0.4, 0.5) is 0 Å². The molecule has 2 heteroatoms. The van der Waals surface area contributed by atoms with E-state index in [9.17, 15) is 0 Å². The molecule has 1 saturated heterocycles. The third-order valence-electron chi connectivity index (χ3n) is 5.64. The number of benzene rings is 1. The standard InChI is InChI=1S/C18H26N2/c1-2-6-13(7-3-1)15-12-18(15)20-17-10-11-19-16-9-5-4-8-14(16)17/h1-3,6-7,14-20H,4-5,8-12H2.